The molecular formula is C20H22N2O4. The average molecular weight is 354 g/mol. The highest BCUT2D eigenvalue weighted by Gasteiger charge is 2.40. The van der Waals surface area contributed by atoms with Gasteiger partial charge in [-0.1, -0.05) is 19.9 Å². The largest absolute Gasteiger partial charge is 0.496 e. The minimum absolute atomic E-state index is 0.0376. The lowest BCUT2D eigenvalue weighted by Crippen LogP contribution is -2.34. The van der Waals surface area contributed by atoms with Gasteiger partial charge in [-0.15, -0.1) is 0 Å². The van der Waals surface area contributed by atoms with E-state index in [1.54, 1.807) is 31.4 Å². The number of carbonyl (C=O) groups excluding carboxylic acids is 2. The molecule has 0 saturated carbocycles. The van der Waals surface area contributed by atoms with Gasteiger partial charge in [-0.05, 0) is 48.7 Å². The average Bonchev–Trinajstić information content (AvgIpc) is 2.92. The molecule has 2 aromatic carbocycles. The summed E-state index contributed by atoms with van der Waals surface area (Å²) in [6.07, 6.45) is 0. The topological polar surface area (TPSA) is 67.9 Å². The number of carbonyl (C=O) groups is 2. The molecular weight excluding hydrogens is 332 g/mol. The maximum atomic E-state index is 12.4. The predicted molar refractivity (Wildman–Crippen MR) is 98.9 cm³/mol. The first kappa shape index (κ1) is 17.8. The molecule has 1 aliphatic heterocycles. The summed E-state index contributed by atoms with van der Waals surface area (Å²) < 4.78 is 11.1. The molecule has 2 aromatic rings. The highest BCUT2D eigenvalue weighted by molar-refractivity contribution is 6.21. The van der Waals surface area contributed by atoms with E-state index in [0.29, 0.717) is 17.2 Å². The quantitative estimate of drug-likeness (QED) is 0.828. The van der Waals surface area contributed by atoms with E-state index in [-0.39, 0.29) is 11.8 Å². The lowest BCUT2D eigenvalue weighted by molar-refractivity contribution is -0.119. The van der Waals surface area contributed by atoms with Crippen molar-refractivity contribution in [3.05, 3.63) is 48.0 Å². The zero-order chi connectivity index (χ0) is 18.8. The summed E-state index contributed by atoms with van der Waals surface area (Å²) in [5, 5.41) is 2.72. The number of ether oxygens (including phenoxy) is 2. The van der Waals surface area contributed by atoms with E-state index < -0.39 is 12.1 Å². The molecule has 1 fully saturated rings. The zero-order valence-corrected chi connectivity index (χ0v) is 15.3. The second-order valence-corrected chi connectivity index (χ2v) is 6.57. The van der Waals surface area contributed by atoms with Crippen LogP contribution in [-0.2, 0) is 4.79 Å². The van der Waals surface area contributed by atoms with E-state index in [4.69, 9.17) is 9.47 Å². The Balaban J connectivity index is 1.77. The van der Waals surface area contributed by atoms with Crippen molar-refractivity contribution in [1.82, 2.24) is 5.32 Å². The molecule has 0 radical (unpaired) electrons. The summed E-state index contributed by atoms with van der Waals surface area (Å²) in [4.78, 5) is 25.7. The van der Waals surface area contributed by atoms with E-state index >= 15 is 0 Å². The molecule has 1 N–H and O–H groups in total. The summed E-state index contributed by atoms with van der Waals surface area (Å²) in [6.45, 7) is 5.76. The first-order chi connectivity index (χ1) is 12.4. The summed E-state index contributed by atoms with van der Waals surface area (Å²) >= 11 is 0. The molecule has 136 valence electrons. The Morgan fingerprint density at radius 1 is 1.04 bits per heavy atom. The number of imide groups is 1. The fraction of sp³-hybridized carbons (Fsp3) is 0.300. The van der Waals surface area contributed by atoms with Crippen LogP contribution in [0, 0.1) is 12.8 Å². The Morgan fingerprint density at radius 2 is 1.69 bits per heavy atom. The Labute approximate surface area is 152 Å². The third-order valence-corrected chi connectivity index (χ3v) is 4.35. The van der Waals surface area contributed by atoms with Crippen molar-refractivity contribution in [3.63, 3.8) is 0 Å². The Bertz CT molecular complexity index is 830. The molecule has 6 heteroatoms. The maximum Gasteiger partial charge on any atom is 0.329 e. The molecule has 3 amide bonds. The lowest BCUT2D eigenvalue weighted by atomic mass is 10.0. The van der Waals surface area contributed by atoms with Gasteiger partial charge in [0.25, 0.3) is 5.91 Å². The standard InChI is InChI=1S/C20H22N2O4/c1-12(2)18-19(23)22(20(24)21-18)14-6-9-15(10-7-14)26-16-8-5-13(3)17(11-16)25-4/h5-12,18H,1-4H3,(H,21,24)/t18-/m1/s1. The highest BCUT2D eigenvalue weighted by atomic mass is 16.5. The third-order valence-electron chi connectivity index (χ3n) is 4.35. The molecule has 0 aliphatic carbocycles. The second kappa shape index (κ2) is 7.07. The van der Waals surface area contributed by atoms with E-state index in [1.807, 2.05) is 39.0 Å². The van der Waals surface area contributed by atoms with Gasteiger partial charge in [0, 0.05) is 6.07 Å². The van der Waals surface area contributed by atoms with Gasteiger partial charge in [-0.2, -0.15) is 0 Å². The van der Waals surface area contributed by atoms with Crippen LogP contribution in [0.4, 0.5) is 10.5 Å². The normalized spacial score (nSPS) is 16.8. The van der Waals surface area contributed by atoms with Crippen LogP contribution in [0.15, 0.2) is 42.5 Å². The number of rotatable bonds is 5. The van der Waals surface area contributed by atoms with Gasteiger partial charge in [-0.3, -0.25) is 4.79 Å². The number of anilines is 1. The zero-order valence-electron chi connectivity index (χ0n) is 15.3. The van der Waals surface area contributed by atoms with Crippen molar-refractivity contribution in [1.29, 1.82) is 0 Å². The first-order valence-corrected chi connectivity index (χ1v) is 8.47. The van der Waals surface area contributed by atoms with Crippen molar-refractivity contribution in [2.75, 3.05) is 12.0 Å². The summed E-state index contributed by atoms with van der Waals surface area (Å²) in [6, 6.07) is 11.5. The monoisotopic (exact) mass is 354 g/mol. The minimum atomic E-state index is -0.488. The molecule has 0 unspecified atom stereocenters. The number of aryl methyl sites for hydroxylation is 1. The van der Waals surface area contributed by atoms with E-state index in [1.165, 1.54) is 4.90 Å². The van der Waals surface area contributed by atoms with E-state index in [9.17, 15) is 9.59 Å². The molecule has 6 nitrogen and oxygen atoms in total. The van der Waals surface area contributed by atoms with Crippen LogP contribution in [0.3, 0.4) is 0 Å². The number of hydrogen-bond donors (Lipinski definition) is 1. The van der Waals surface area contributed by atoms with Crippen LogP contribution in [0.5, 0.6) is 17.2 Å². The number of nitrogens with zero attached hydrogens (tertiary/aromatic N) is 1. The number of urea groups is 1. The van der Waals surface area contributed by atoms with Crippen LogP contribution in [-0.4, -0.2) is 25.1 Å². The number of amides is 3. The van der Waals surface area contributed by atoms with Crippen molar-refractivity contribution in [3.8, 4) is 17.2 Å². The van der Waals surface area contributed by atoms with E-state index in [2.05, 4.69) is 5.32 Å². The predicted octanol–water partition coefficient (Wildman–Crippen LogP) is 3.88. The van der Waals surface area contributed by atoms with Gasteiger partial charge in [0.05, 0.1) is 12.8 Å². The number of methoxy groups -OCH3 is 1. The SMILES string of the molecule is COc1cc(Oc2ccc(N3C(=O)N[C@H](C(C)C)C3=O)cc2)ccc1C. The molecule has 1 aliphatic rings. The van der Waals surface area contributed by atoms with Crippen LogP contribution in [0.25, 0.3) is 0 Å². The summed E-state index contributed by atoms with van der Waals surface area (Å²) in [7, 11) is 1.61. The van der Waals surface area contributed by atoms with Crippen molar-refractivity contribution >= 4 is 17.6 Å². The maximum absolute atomic E-state index is 12.4. The molecule has 1 saturated heterocycles. The third kappa shape index (κ3) is 3.35. The number of nitrogens with one attached hydrogen (secondary N) is 1. The second-order valence-electron chi connectivity index (χ2n) is 6.57. The van der Waals surface area contributed by atoms with Gasteiger partial charge in [-0.25, -0.2) is 9.69 Å². The van der Waals surface area contributed by atoms with Crippen LogP contribution < -0.4 is 19.7 Å². The summed E-state index contributed by atoms with van der Waals surface area (Å²) in [5.41, 5.74) is 1.54. The molecule has 26 heavy (non-hydrogen) atoms. The molecule has 3 rings (SSSR count). The molecule has 0 spiro atoms. The van der Waals surface area contributed by atoms with Crippen LogP contribution >= 0.6 is 0 Å². The fourth-order valence-electron chi connectivity index (χ4n) is 2.86. The molecule has 0 bridgehead atoms. The number of hydrogen-bond acceptors (Lipinski definition) is 4. The van der Waals surface area contributed by atoms with Crippen molar-refractivity contribution in [2.24, 2.45) is 5.92 Å². The smallest absolute Gasteiger partial charge is 0.329 e. The van der Waals surface area contributed by atoms with Crippen molar-refractivity contribution in [2.45, 2.75) is 26.8 Å². The molecule has 1 atom stereocenters. The van der Waals surface area contributed by atoms with Crippen molar-refractivity contribution < 1.29 is 19.1 Å². The Morgan fingerprint density at radius 3 is 2.27 bits per heavy atom. The Kier molecular flexibility index (Phi) is 4.84. The van der Waals surface area contributed by atoms with Gasteiger partial charge in [0.1, 0.15) is 23.3 Å². The lowest BCUT2D eigenvalue weighted by Gasteiger charge is -2.15. The van der Waals surface area contributed by atoms with Crippen LogP contribution in [0.1, 0.15) is 19.4 Å². The minimum Gasteiger partial charge on any atom is -0.496 e. The first-order valence-electron chi connectivity index (χ1n) is 8.47. The van der Waals surface area contributed by atoms with Crippen LogP contribution in [0.2, 0.25) is 0 Å². The van der Waals surface area contributed by atoms with Gasteiger partial charge >= 0.3 is 6.03 Å². The molecule has 0 aromatic heterocycles. The van der Waals surface area contributed by atoms with Gasteiger partial charge < -0.3 is 14.8 Å². The summed E-state index contributed by atoms with van der Waals surface area (Å²) in [5.74, 6) is 1.80. The van der Waals surface area contributed by atoms with Gasteiger partial charge in [0.2, 0.25) is 0 Å². The molecule has 1 heterocycles. The van der Waals surface area contributed by atoms with E-state index in [0.717, 1.165) is 11.3 Å². The highest BCUT2D eigenvalue weighted by Crippen LogP contribution is 2.30. The number of benzene rings is 2. The fourth-order valence-corrected chi connectivity index (χ4v) is 2.86. The Hall–Kier alpha value is -3.02. The van der Waals surface area contributed by atoms with Gasteiger partial charge in [0.15, 0.2) is 0 Å².